The molecule has 0 saturated carbocycles. The summed E-state index contributed by atoms with van der Waals surface area (Å²) in [5.41, 5.74) is 0.832. The van der Waals surface area contributed by atoms with Crippen molar-refractivity contribution in [2.75, 3.05) is 23.3 Å². The summed E-state index contributed by atoms with van der Waals surface area (Å²) in [5.74, 6) is -2.76. The number of alkyl halides is 3. The number of para-hydroxylation sites is 1. The monoisotopic (exact) mass is 499 g/mol. The van der Waals surface area contributed by atoms with Crippen LogP contribution < -0.4 is 15.8 Å². The summed E-state index contributed by atoms with van der Waals surface area (Å²) in [6.07, 6.45) is -2.65. The molecule has 1 aliphatic heterocycles. The molecule has 0 aliphatic carbocycles. The van der Waals surface area contributed by atoms with Crippen molar-refractivity contribution in [3.63, 3.8) is 0 Å². The van der Waals surface area contributed by atoms with E-state index in [1.54, 1.807) is 38.1 Å². The number of anilines is 2. The minimum absolute atomic E-state index is 0.0250. The average Bonchev–Trinajstić information content (AvgIpc) is 2.83. The quantitative estimate of drug-likeness (QED) is 0.531. The third kappa shape index (κ3) is 4.71. The van der Waals surface area contributed by atoms with Crippen LogP contribution in [0.25, 0.3) is 5.65 Å². The van der Waals surface area contributed by atoms with Crippen molar-refractivity contribution in [1.82, 2.24) is 9.38 Å². The summed E-state index contributed by atoms with van der Waals surface area (Å²) in [6, 6.07) is 9.43. The molecule has 11 heteroatoms. The van der Waals surface area contributed by atoms with Crippen LogP contribution in [0.2, 0.25) is 0 Å². The molecule has 0 amide bonds. The number of nitrogens with zero attached hydrogens (tertiary/aromatic N) is 4. The van der Waals surface area contributed by atoms with E-state index in [0.29, 0.717) is 16.8 Å². The second kappa shape index (κ2) is 9.53. The van der Waals surface area contributed by atoms with Gasteiger partial charge in [0.2, 0.25) is 0 Å². The van der Waals surface area contributed by atoms with Crippen molar-refractivity contribution >= 4 is 23.1 Å². The van der Waals surface area contributed by atoms with E-state index in [4.69, 9.17) is 0 Å². The Bertz CT molecular complexity index is 1430. The number of carboxylic acid groups (broad SMARTS) is 1. The van der Waals surface area contributed by atoms with Crippen molar-refractivity contribution in [1.29, 1.82) is 5.26 Å². The number of aromatic nitrogens is 2. The van der Waals surface area contributed by atoms with Gasteiger partial charge in [-0.25, -0.2) is 9.78 Å². The van der Waals surface area contributed by atoms with Crippen molar-refractivity contribution in [3.8, 4) is 6.07 Å². The van der Waals surface area contributed by atoms with Gasteiger partial charge in [0.15, 0.2) is 11.4 Å². The zero-order chi connectivity index (χ0) is 26.2. The molecule has 0 unspecified atom stereocenters. The SMILES string of the molecule is Cc1cc([C@@H](C)Nc2ccccc2C(=O)O)c2nc(N3CCC[C@H](C(F)(F)F)C3)c(C#N)c(=O)n2c1. The lowest BCUT2D eigenvalue weighted by Crippen LogP contribution is -2.43. The van der Waals surface area contributed by atoms with E-state index in [2.05, 4.69) is 10.3 Å². The molecular weight excluding hydrogens is 475 g/mol. The Morgan fingerprint density at radius 3 is 2.72 bits per heavy atom. The van der Waals surface area contributed by atoms with E-state index in [-0.39, 0.29) is 48.5 Å². The van der Waals surface area contributed by atoms with Crippen LogP contribution in [-0.4, -0.2) is 39.7 Å². The summed E-state index contributed by atoms with van der Waals surface area (Å²) < 4.78 is 41.5. The Morgan fingerprint density at radius 2 is 2.06 bits per heavy atom. The van der Waals surface area contributed by atoms with Crippen molar-refractivity contribution < 1.29 is 23.1 Å². The fourth-order valence-corrected chi connectivity index (χ4v) is 4.58. The summed E-state index contributed by atoms with van der Waals surface area (Å²) in [5, 5.41) is 22.4. The normalized spacial score (nSPS) is 17.0. The van der Waals surface area contributed by atoms with E-state index in [9.17, 15) is 33.1 Å². The first-order chi connectivity index (χ1) is 17.0. The number of pyridine rings is 1. The number of benzene rings is 1. The molecule has 36 heavy (non-hydrogen) atoms. The second-order valence-electron chi connectivity index (χ2n) is 8.94. The zero-order valence-corrected chi connectivity index (χ0v) is 19.6. The van der Waals surface area contributed by atoms with Gasteiger partial charge < -0.3 is 15.3 Å². The number of carbonyl (C=O) groups is 1. The van der Waals surface area contributed by atoms with E-state index < -0.39 is 29.7 Å². The van der Waals surface area contributed by atoms with Crippen LogP contribution in [0, 0.1) is 24.2 Å². The number of nitrogens with one attached hydrogen (secondary N) is 1. The Balaban J connectivity index is 1.84. The van der Waals surface area contributed by atoms with Gasteiger partial charge in [0.25, 0.3) is 5.56 Å². The predicted molar refractivity (Wildman–Crippen MR) is 127 cm³/mol. The predicted octanol–water partition coefficient (Wildman–Crippen LogP) is 4.52. The number of hydrogen-bond donors (Lipinski definition) is 2. The van der Waals surface area contributed by atoms with Crippen molar-refractivity contribution in [3.05, 3.63) is 69.1 Å². The maximum atomic E-state index is 13.4. The van der Waals surface area contributed by atoms with Gasteiger partial charge in [-0.05, 0) is 50.5 Å². The Morgan fingerprint density at radius 1 is 1.33 bits per heavy atom. The molecule has 188 valence electrons. The molecule has 2 N–H and O–H groups in total. The summed E-state index contributed by atoms with van der Waals surface area (Å²) in [6.45, 7) is 3.37. The van der Waals surface area contributed by atoms with Crippen LogP contribution in [0.3, 0.4) is 0 Å². The minimum atomic E-state index is -4.39. The number of carboxylic acids is 1. The first-order valence-electron chi connectivity index (χ1n) is 11.4. The first kappa shape index (κ1) is 25.0. The Labute approximate surface area is 204 Å². The van der Waals surface area contributed by atoms with E-state index in [0.717, 1.165) is 0 Å². The molecule has 1 saturated heterocycles. The van der Waals surface area contributed by atoms with Crippen LogP contribution in [0.15, 0.2) is 41.3 Å². The summed E-state index contributed by atoms with van der Waals surface area (Å²) in [4.78, 5) is 30.8. The van der Waals surface area contributed by atoms with Gasteiger partial charge in [-0.1, -0.05) is 12.1 Å². The van der Waals surface area contributed by atoms with Gasteiger partial charge in [0, 0.05) is 30.5 Å². The Hall–Kier alpha value is -4.07. The number of fused-ring (bicyclic) bond motifs is 1. The lowest BCUT2D eigenvalue weighted by molar-refractivity contribution is -0.176. The highest BCUT2D eigenvalue weighted by Crippen LogP contribution is 2.35. The van der Waals surface area contributed by atoms with Crippen molar-refractivity contribution in [2.24, 2.45) is 5.92 Å². The molecule has 0 spiro atoms. The Kier molecular flexibility index (Phi) is 6.63. The number of halogens is 3. The van der Waals surface area contributed by atoms with Gasteiger partial charge in [0.05, 0.1) is 17.5 Å². The number of aromatic carboxylic acids is 1. The smallest absolute Gasteiger partial charge is 0.393 e. The summed E-state index contributed by atoms with van der Waals surface area (Å²) >= 11 is 0. The largest absolute Gasteiger partial charge is 0.478 e. The molecule has 2 aromatic heterocycles. The lowest BCUT2D eigenvalue weighted by atomic mass is 9.97. The molecule has 0 radical (unpaired) electrons. The number of hydrogen-bond acceptors (Lipinski definition) is 6. The van der Waals surface area contributed by atoms with Crippen LogP contribution in [0.4, 0.5) is 24.7 Å². The topological polar surface area (TPSA) is 111 Å². The molecule has 1 fully saturated rings. The number of rotatable bonds is 5. The van der Waals surface area contributed by atoms with Gasteiger partial charge in [-0.15, -0.1) is 0 Å². The van der Waals surface area contributed by atoms with Gasteiger partial charge in [-0.2, -0.15) is 18.4 Å². The highest BCUT2D eigenvalue weighted by atomic mass is 19.4. The third-order valence-electron chi connectivity index (χ3n) is 6.36. The maximum absolute atomic E-state index is 13.4. The standard InChI is InChI=1S/C25H24F3N5O3/c1-14-10-18(15(2)30-20-8-4-3-7-17(20)24(35)36)22-31-21(19(11-29)23(34)33(22)12-14)32-9-5-6-16(13-32)25(26,27)28/h3-4,7-8,10,12,15-16,30H,5-6,9,13H2,1-2H3,(H,35,36)/t15-,16+/m1/s1. The molecular formula is C25H24F3N5O3. The molecule has 2 atom stereocenters. The van der Waals surface area contributed by atoms with Crippen LogP contribution in [-0.2, 0) is 0 Å². The average molecular weight is 499 g/mol. The van der Waals surface area contributed by atoms with Crippen molar-refractivity contribution in [2.45, 2.75) is 38.9 Å². The fraction of sp³-hybridized carbons (Fsp3) is 0.360. The van der Waals surface area contributed by atoms with Crippen LogP contribution >= 0.6 is 0 Å². The second-order valence-corrected chi connectivity index (χ2v) is 8.94. The maximum Gasteiger partial charge on any atom is 0.393 e. The molecule has 3 heterocycles. The lowest BCUT2D eigenvalue weighted by Gasteiger charge is -2.35. The molecule has 8 nitrogen and oxygen atoms in total. The van der Waals surface area contributed by atoms with E-state index >= 15 is 0 Å². The van der Waals surface area contributed by atoms with Gasteiger partial charge in [-0.3, -0.25) is 9.20 Å². The van der Waals surface area contributed by atoms with Crippen LogP contribution in [0.5, 0.6) is 0 Å². The fourth-order valence-electron chi connectivity index (χ4n) is 4.58. The number of nitriles is 1. The van der Waals surface area contributed by atoms with Gasteiger partial charge in [0.1, 0.15) is 11.7 Å². The van der Waals surface area contributed by atoms with E-state index in [1.165, 1.54) is 21.6 Å². The highest BCUT2D eigenvalue weighted by Gasteiger charge is 2.42. The van der Waals surface area contributed by atoms with E-state index in [1.807, 2.05) is 6.07 Å². The summed E-state index contributed by atoms with van der Waals surface area (Å²) in [7, 11) is 0. The molecule has 1 aliphatic rings. The third-order valence-corrected chi connectivity index (χ3v) is 6.36. The number of piperidine rings is 1. The molecule has 1 aromatic carbocycles. The molecule has 4 rings (SSSR count). The zero-order valence-electron chi connectivity index (χ0n) is 19.6. The number of aryl methyl sites for hydroxylation is 1. The first-order valence-corrected chi connectivity index (χ1v) is 11.4. The van der Waals surface area contributed by atoms with Crippen LogP contribution in [0.1, 0.15) is 52.9 Å². The highest BCUT2D eigenvalue weighted by molar-refractivity contribution is 5.94. The minimum Gasteiger partial charge on any atom is -0.478 e. The molecule has 3 aromatic rings. The molecule has 0 bridgehead atoms. The van der Waals surface area contributed by atoms with Gasteiger partial charge >= 0.3 is 12.1 Å².